The summed E-state index contributed by atoms with van der Waals surface area (Å²) in [4.78, 5) is 11.9. The molecule has 0 atom stereocenters. The van der Waals surface area contributed by atoms with Gasteiger partial charge in [0.2, 0.25) is 0 Å². The van der Waals surface area contributed by atoms with Crippen molar-refractivity contribution in [2.24, 2.45) is 0 Å². The van der Waals surface area contributed by atoms with E-state index in [2.05, 4.69) is 37.5 Å². The third kappa shape index (κ3) is 3.12. The highest BCUT2D eigenvalue weighted by Gasteiger charge is 2.19. The summed E-state index contributed by atoms with van der Waals surface area (Å²) >= 11 is 2.08. The fourth-order valence-electron chi connectivity index (χ4n) is 2.76. The SMILES string of the molecule is Fc1ccc(-c2nc(-c3c(F)cccc3I)[nH]c2-c2ccncc2)cc1. The highest BCUT2D eigenvalue weighted by molar-refractivity contribution is 14.1. The van der Waals surface area contributed by atoms with E-state index in [-0.39, 0.29) is 11.6 Å². The first-order valence-electron chi connectivity index (χ1n) is 7.84. The molecule has 0 saturated heterocycles. The van der Waals surface area contributed by atoms with E-state index in [9.17, 15) is 8.78 Å². The quantitative estimate of drug-likeness (QED) is 0.400. The summed E-state index contributed by atoms with van der Waals surface area (Å²) < 4.78 is 28.5. The molecule has 26 heavy (non-hydrogen) atoms. The summed E-state index contributed by atoms with van der Waals surface area (Å²) in [5.74, 6) is -0.241. The summed E-state index contributed by atoms with van der Waals surface area (Å²) in [6.07, 6.45) is 3.36. The second-order valence-electron chi connectivity index (χ2n) is 5.65. The third-order valence-corrected chi connectivity index (χ3v) is 4.89. The number of aromatic nitrogens is 3. The van der Waals surface area contributed by atoms with Crippen LogP contribution in [-0.4, -0.2) is 15.0 Å². The molecule has 0 amide bonds. The van der Waals surface area contributed by atoms with Crippen molar-refractivity contribution < 1.29 is 8.78 Å². The van der Waals surface area contributed by atoms with Crippen LogP contribution in [0.5, 0.6) is 0 Å². The lowest BCUT2D eigenvalue weighted by molar-refractivity contribution is 0.628. The average Bonchev–Trinajstić information content (AvgIpc) is 3.08. The van der Waals surface area contributed by atoms with Crippen LogP contribution >= 0.6 is 22.6 Å². The van der Waals surface area contributed by atoms with Gasteiger partial charge >= 0.3 is 0 Å². The van der Waals surface area contributed by atoms with Gasteiger partial charge in [-0.3, -0.25) is 4.98 Å². The number of benzene rings is 2. The Labute approximate surface area is 162 Å². The number of rotatable bonds is 3. The lowest BCUT2D eigenvalue weighted by atomic mass is 10.1. The van der Waals surface area contributed by atoms with Crippen LogP contribution in [-0.2, 0) is 0 Å². The van der Waals surface area contributed by atoms with E-state index in [4.69, 9.17) is 0 Å². The van der Waals surface area contributed by atoms with Gasteiger partial charge in [-0.1, -0.05) is 6.07 Å². The van der Waals surface area contributed by atoms with E-state index < -0.39 is 0 Å². The molecule has 0 radical (unpaired) electrons. The Balaban J connectivity index is 1.95. The maximum Gasteiger partial charge on any atom is 0.142 e. The van der Waals surface area contributed by atoms with Gasteiger partial charge in [0.25, 0.3) is 0 Å². The summed E-state index contributed by atoms with van der Waals surface area (Å²) in [6.45, 7) is 0. The van der Waals surface area contributed by atoms with Gasteiger partial charge in [-0.2, -0.15) is 0 Å². The van der Waals surface area contributed by atoms with E-state index in [0.29, 0.717) is 17.1 Å². The van der Waals surface area contributed by atoms with Crippen LogP contribution in [0, 0.1) is 15.2 Å². The molecule has 1 N–H and O–H groups in total. The molecule has 128 valence electrons. The molecule has 0 saturated carbocycles. The smallest absolute Gasteiger partial charge is 0.142 e. The number of H-pyrrole nitrogens is 1. The molecule has 0 bridgehead atoms. The Morgan fingerprint density at radius 1 is 0.846 bits per heavy atom. The van der Waals surface area contributed by atoms with Crippen LogP contribution in [0.25, 0.3) is 33.9 Å². The minimum absolute atomic E-state index is 0.321. The molecular formula is C20H12F2IN3. The fraction of sp³-hybridized carbons (Fsp3) is 0. The van der Waals surface area contributed by atoms with Crippen molar-refractivity contribution in [1.82, 2.24) is 15.0 Å². The van der Waals surface area contributed by atoms with E-state index in [0.717, 1.165) is 20.4 Å². The van der Waals surface area contributed by atoms with Crippen LogP contribution < -0.4 is 0 Å². The topological polar surface area (TPSA) is 41.6 Å². The van der Waals surface area contributed by atoms with E-state index >= 15 is 0 Å². The van der Waals surface area contributed by atoms with Crippen molar-refractivity contribution in [3.8, 4) is 33.9 Å². The molecule has 2 aromatic heterocycles. The molecule has 2 heterocycles. The van der Waals surface area contributed by atoms with Crippen LogP contribution in [0.1, 0.15) is 0 Å². The second kappa shape index (κ2) is 6.95. The molecule has 0 unspecified atom stereocenters. The Bertz CT molecular complexity index is 1040. The monoisotopic (exact) mass is 459 g/mol. The Morgan fingerprint density at radius 3 is 2.27 bits per heavy atom. The zero-order chi connectivity index (χ0) is 18.1. The maximum atomic E-state index is 14.4. The molecule has 4 rings (SSSR count). The van der Waals surface area contributed by atoms with Gasteiger partial charge in [0.15, 0.2) is 0 Å². The molecular weight excluding hydrogens is 447 g/mol. The largest absolute Gasteiger partial charge is 0.337 e. The summed E-state index contributed by atoms with van der Waals surface area (Å²) in [5.41, 5.74) is 3.38. The Morgan fingerprint density at radius 2 is 1.58 bits per heavy atom. The number of hydrogen-bond donors (Lipinski definition) is 1. The van der Waals surface area contributed by atoms with Crippen LogP contribution in [0.3, 0.4) is 0 Å². The van der Waals surface area contributed by atoms with Gasteiger partial charge in [0.1, 0.15) is 17.5 Å². The fourth-order valence-corrected chi connectivity index (χ4v) is 3.48. The van der Waals surface area contributed by atoms with Gasteiger partial charge in [-0.05, 0) is 71.1 Å². The first-order chi connectivity index (χ1) is 12.6. The van der Waals surface area contributed by atoms with Crippen molar-refractivity contribution in [3.63, 3.8) is 0 Å². The number of halogens is 3. The maximum absolute atomic E-state index is 14.4. The normalized spacial score (nSPS) is 10.9. The first kappa shape index (κ1) is 16.8. The van der Waals surface area contributed by atoms with Crippen LogP contribution in [0.2, 0.25) is 0 Å². The van der Waals surface area contributed by atoms with Gasteiger partial charge in [-0.15, -0.1) is 0 Å². The number of imidazole rings is 1. The lowest BCUT2D eigenvalue weighted by Gasteiger charge is -2.03. The molecule has 2 aromatic carbocycles. The molecule has 0 aliphatic rings. The molecule has 0 spiro atoms. The highest BCUT2D eigenvalue weighted by atomic mass is 127. The number of hydrogen-bond acceptors (Lipinski definition) is 2. The molecule has 0 aliphatic carbocycles. The van der Waals surface area contributed by atoms with Gasteiger partial charge in [0.05, 0.1) is 17.0 Å². The Hall–Kier alpha value is -2.61. The number of pyridine rings is 1. The van der Waals surface area contributed by atoms with Gasteiger partial charge in [0, 0.05) is 27.1 Å². The van der Waals surface area contributed by atoms with E-state index in [1.165, 1.54) is 18.2 Å². The third-order valence-electron chi connectivity index (χ3n) is 3.99. The zero-order valence-corrected chi connectivity index (χ0v) is 15.5. The summed E-state index contributed by atoms with van der Waals surface area (Å²) in [6, 6.07) is 14.7. The van der Waals surface area contributed by atoms with Gasteiger partial charge in [-0.25, -0.2) is 13.8 Å². The van der Waals surface area contributed by atoms with Crippen molar-refractivity contribution in [3.05, 3.63) is 82.2 Å². The first-order valence-corrected chi connectivity index (χ1v) is 8.92. The van der Waals surface area contributed by atoms with Crippen LogP contribution in [0.4, 0.5) is 8.78 Å². The predicted molar refractivity (Wildman–Crippen MR) is 105 cm³/mol. The molecule has 0 aliphatic heterocycles. The summed E-state index contributed by atoms with van der Waals surface area (Å²) in [7, 11) is 0. The number of nitrogens with one attached hydrogen (secondary N) is 1. The minimum Gasteiger partial charge on any atom is -0.337 e. The average molecular weight is 459 g/mol. The second-order valence-corrected chi connectivity index (χ2v) is 6.81. The standard InChI is InChI=1S/C20H12F2IN3/c21-14-6-4-12(5-7-14)18-19(13-8-10-24-11-9-13)26-20(25-18)17-15(22)2-1-3-16(17)23/h1-11H,(H,25,26). The van der Waals surface area contributed by atoms with Crippen molar-refractivity contribution in [2.75, 3.05) is 0 Å². The van der Waals surface area contributed by atoms with E-state index in [1.807, 2.05) is 18.2 Å². The molecule has 4 aromatic rings. The van der Waals surface area contributed by atoms with E-state index in [1.54, 1.807) is 30.6 Å². The summed E-state index contributed by atoms with van der Waals surface area (Å²) in [5, 5.41) is 0. The lowest BCUT2D eigenvalue weighted by Crippen LogP contribution is -1.90. The van der Waals surface area contributed by atoms with Gasteiger partial charge < -0.3 is 4.98 Å². The molecule has 6 heteroatoms. The molecule has 3 nitrogen and oxygen atoms in total. The Kier molecular flexibility index (Phi) is 4.50. The van der Waals surface area contributed by atoms with Crippen molar-refractivity contribution in [1.29, 1.82) is 0 Å². The zero-order valence-electron chi connectivity index (χ0n) is 13.4. The highest BCUT2D eigenvalue weighted by Crippen LogP contribution is 2.35. The van der Waals surface area contributed by atoms with Crippen molar-refractivity contribution >= 4 is 22.6 Å². The van der Waals surface area contributed by atoms with Crippen LogP contribution in [0.15, 0.2) is 67.0 Å². The van der Waals surface area contributed by atoms with Crippen molar-refractivity contribution in [2.45, 2.75) is 0 Å². The number of aromatic amines is 1. The molecule has 0 fully saturated rings. The minimum atomic E-state index is -0.349. The predicted octanol–water partition coefficient (Wildman–Crippen LogP) is 5.69. The number of nitrogens with zero attached hydrogens (tertiary/aromatic N) is 2.